The molecule has 9 aromatic rings. The van der Waals surface area contributed by atoms with E-state index in [1.807, 2.05) is 12.1 Å². The van der Waals surface area contributed by atoms with Crippen molar-refractivity contribution in [2.24, 2.45) is 5.73 Å². The highest BCUT2D eigenvalue weighted by Crippen LogP contribution is 2.57. The molecule has 408 valence electrons. The number of para-hydroxylation sites is 1. The van der Waals surface area contributed by atoms with Gasteiger partial charge in [-0.1, -0.05) is 207 Å². The summed E-state index contributed by atoms with van der Waals surface area (Å²) in [5.41, 5.74) is 25.1. The number of ether oxygens (including phenoxy) is 2. The highest BCUT2D eigenvalue weighted by molar-refractivity contribution is 8.07. The molecule has 0 amide bonds. The zero-order valence-electron chi connectivity index (χ0n) is 45.9. The summed E-state index contributed by atoms with van der Waals surface area (Å²) in [5, 5.41) is 34.8. The first-order valence-corrected chi connectivity index (χ1v) is 28.1. The number of aryl methyl sites for hydroxylation is 2. The van der Waals surface area contributed by atoms with Crippen LogP contribution in [-0.4, -0.2) is 53.6 Å². The molecular formula is C71H73N2O5S2+. The predicted octanol–water partition coefficient (Wildman–Crippen LogP) is 15.1. The van der Waals surface area contributed by atoms with E-state index >= 15 is 0 Å². The highest BCUT2D eigenvalue weighted by Gasteiger charge is 2.45. The van der Waals surface area contributed by atoms with Gasteiger partial charge in [0.25, 0.3) is 0 Å². The smallest absolute Gasteiger partial charge is 0.213 e. The number of nitrogens with zero attached hydrogens (tertiary/aromatic N) is 1. The van der Waals surface area contributed by atoms with Gasteiger partial charge in [0.2, 0.25) is 7.11 Å². The quantitative estimate of drug-likeness (QED) is 0.0890. The summed E-state index contributed by atoms with van der Waals surface area (Å²) in [6.45, 7) is 14.1. The van der Waals surface area contributed by atoms with Crippen molar-refractivity contribution in [1.82, 2.24) is 4.90 Å². The molecule has 0 saturated carbocycles. The Kier molecular flexibility index (Phi) is 18.3. The monoisotopic (exact) mass is 1100 g/mol. The second-order valence-corrected chi connectivity index (χ2v) is 21.2. The molecule has 0 fully saturated rings. The van der Waals surface area contributed by atoms with Crippen molar-refractivity contribution in [1.29, 1.82) is 0 Å². The van der Waals surface area contributed by atoms with Gasteiger partial charge in [0, 0.05) is 99.7 Å². The third-order valence-electron chi connectivity index (χ3n) is 16.5. The number of hydrogen-bond acceptors (Lipinski definition) is 9. The average molecular weight is 1100 g/mol. The Morgan fingerprint density at radius 2 is 0.812 bits per heavy atom. The van der Waals surface area contributed by atoms with Crippen LogP contribution in [0.25, 0.3) is 33.4 Å². The molecule has 0 spiro atoms. The normalized spacial score (nSPS) is 13.7. The third-order valence-corrected chi connectivity index (χ3v) is 16.5. The Balaban J connectivity index is 0.000000232. The number of phenols is 3. The summed E-state index contributed by atoms with van der Waals surface area (Å²) in [4.78, 5) is 2.26. The maximum Gasteiger partial charge on any atom is 0.213 e. The first-order valence-electron chi connectivity index (χ1n) is 26.8. The van der Waals surface area contributed by atoms with E-state index in [0.29, 0.717) is 56.6 Å². The molecule has 0 heterocycles. The van der Waals surface area contributed by atoms with Gasteiger partial charge in [-0.05, 0) is 107 Å². The van der Waals surface area contributed by atoms with Gasteiger partial charge in [-0.15, -0.1) is 0 Å². The molecule has 9 aromatic carbocycles. The number of methoxy groups -OCH3 is 1. The second-order valence-electron chi connectivity index (χ2n) is 21.2. The average Bonchev–Trinajstić information content (AvgIpc) is 4.05. The zero-order valence-corrected chi connectivity index (χ0v) is 47.6. The lowest BCUT2D eigenvalue weighted by molar-refractivity contribution is 0.138. The van der Waals surface area contributed by atoms with E-state index in [0.717, 1.165) is 38.9 Å². The van der Waals surface area contributed by atoms with Gasteiger partial charge >= 0.3 is 0 Å². The summed E-state index contributed by atoms with van der Waals surface area (Å²) >= 11 is 7.33. The Labute approximate surface area is 484 Å². The maximum absolute atomic E-state index is 12.2. The van der Waals surface area contributed by atoms with Gasteiger partial charge in [0.15, 0.2) is 0 Å². The molecule has 0 bridgehead atoms. The van der Waals surface area contributed by atoms with Crippen LogP contribution in [0.5, 0.6) is 17.2 Å². The fourth-order valence-corrected chi connectivity index (χ4v) is 12.8. The van der Waals surface area contributed by atoms with Crippen LogP contribution in [0.2, 0.25) is 0 Å². The van der Waals surface area contributed by atoms with E-state index in [-0.39, 0.29) is 12.8 Å². The van der Waals surface area contributed by atoms with E-state index < -0.39 is 10.8 Å². The number of hydrogen-bond donors (Lipinski definition) is 4. The van der Waals surface area contributed by atoms with E-state index in [9.17, 15) is 15.3 Å². The fourth-order valence-electron chi connectivity index (χ4n) is 12.8. The summed E-state index contributed by atoms with van der Waals surface area (Å²) in [6.07, 6.45) is 0. The number of aromatic hydroxyl groups is 3. The molecule has 0 aromatic heterocycles. The van der Waals surface area contributed by atoms with Crippen LogP contribution in [0.3, 0.4) is 0 Å². The van der Waals surface area contributed by atoms with Gasteiger partial charge in [-0.25, -0.2) is 0 Å². The van der Waals surface area contributed by atoms with E-state index in [4.69, 9.17) is 10.5 Å². The summed E-state index contributed by atoms with van der Waals surface area (Å²) in [7, 11) is 4.81. The maximum atomic E-state index is 12.2. The Morgan fingerprint density at radius 3 is 1.21 bits per heavy atom. The molecule has 3 aliphatic carbocycles. The zero-order chi connectivity index (χ0) is 56.1. The van der Waals surface area contributed by atoms with Gasteiger partial charge in [0.05, 0.1) is 6.61 Å². The Bertz CT molecular complexity index is 3510. The number of phenolic OH excluding ortho intramolecular Hbond substituents is 3. The van der Waals surface area contributed by atoms with Crippen LogP contribution >= 0.6 is 0 Å². The minimum Gasteiger partial charge on any atom is -0.508 e. The van der Waals surface area contributed by atoms with Crippen molar-refractivity contribution in [2.45, 2.75) is 71.4 Å². The highest BCUT2D eigenvalue weighted by atomic mass is 32.8. The van der Waals surface area contributed by atoms with Gasteiger partial charge in [0.1, 0.15) is 23.9 Å². The van der Waals surface area contributed by atoms with E-state index in [1.54, 1.807) is 13.2 Å². The molecule has 12 rings (SSSR count). The van der Waals surface area contributed by atoms with E-state index in [2.05, 4.69) is 250 Å². The third kappa shape index (κ3) is 10.3. The summed E-state index contributed by atoms with van der Waals surface area (Å²) in [6, 6.07) is 67.5. The Hall–Kier alpha value is -7.47. The number of fused-ring (bicyclic) bond motifs is 9. The van der Waals surface area contributed by atoms with Crippen LogP contribution in [0.4, 0.5) is 0 Å². The molecule has 0 unspecified atom stereocenters. The van der Waals surface area contributed by atoms with E-state index in [1.165, 1.54) is 66.8 Å². The van der Waals surface area contributed by atoms with Gasteiger partial charge in [-0.3, -0.25) is 4.90 Å². The number of rotatable bonds is 12. The molecular weight excluding hydrogens is 1020 g/mol. The van der Waals surface area contributed by atoms with Crippen LogP contribution in [0.15, 0.2) is 194 Å². The molecule has 0 radical (unpaired) electrons. The first kappa shape index (κ1) is 58.7. The number of nitrogens with two attached hydrogens (primary N) is 1. The minimum absolute atomic E-state index is 0. The van der Waals surface area contributed by atoms with Crippen molar-refractivity contribution in [3.63, 3.8) is 0 Å². The summed E-state index contributed by atoms with van der Waals surface area (Å²) in [5.74, 6) is 0.987. The van der Waals surface area contributed by atoms with Crippen molar-refractivity contribution < 1.29 is 24.8 Å². The van der Waals surface area contributed by atoms with Crippen molar-refractivity contribution in [2.75, 3.05) is 33.4 Å². The van der Waals surface area contributed by atoms with Crippen LogP contribution in [-0.2, 0) is 61.2 Å². The Morgan fingerprint density at radius 1 is 0.450 bits per heavy atom. The molecule has 5 N–H and O–H groups in total. The van der Waals surface area contributed by atoms with Crippen molar-refractivity contribution >= 4 is 22.4 Å². The molecule has 9 heteroatoms. The molecule has 3 aliphatic rings. The van der Waals surface area contributed by atoms with Crippen LogP contribution in [0, 0.1) is 21.0 Å². The second kappa shape index (κ2) is 24.9. The SMILES string of the molecule is C.COCCN(Cc1cccc(C2(C)c3ccccc3-c3ccccc32)c1O)Cc1cc(C)cc(C2(C)c3ccccc3-c3ccccc32)c1O.Cc1ccc(O)c(C2(C)c3ccccc3-c3ccccc32)c1.S=S.[CH2+]OCCN. The summed E-state index contributed by atoms with van der Waals surface area (Å²) < 4.78 is 9.88. The molecule has 0 atom stereocenters. The molecule has 0 aliphatic heterocycles. The lowest BCUT2D eigenvalue weighted by atomic mass is 9.73. The van der Waals surface area contributed by atoms with Gasteiger partial charge in [-0.2, -0.15) is 4.74 Å². The van der Waals surface area contributed by atoms with Crippen LogP contribution in [0.1, 0.15) is 101 Å². The molecule has 80 heavy (non-hydrogen) atoms. The van der Waals surface area contributed by atoms with Gasteiger partial charge < -0.3 is 25.8 Å². The van der Waals surface area contributed by atoms with Crippen molar-refractivity contribution in [3.05, 3.63) is 274 Å². The minimum atomic E-state index is -0.509. The molecule has 7 nitrogen and oxygen atoms in total. The lowest BCUT2D eigenvalue weighted by Crippen LogP contribution is -2.28. The van der Waals surface area contributed by atoms with Crippen LogP contribution < -0.4 is 5.73 Å². The largest absolute Gasteiger partial charge is 0.508 e. The van der Waals surface area contributed by atoms with Crippen molar-refractivity contribution in [3.8, 4) is 50.6 Å². The first-order chi connectivity index (χ1) is 38.3. The number of benzene rings is 9. The standard InChI is InChI=1S/C46H43NO3.C21H18O.C3H8NO.CH4.S2/c1-30-26-32(44(49)42(27-30)46(3)39-21-11-7-17-35(39)36-18-8-12-22-40(36)46)29-47(24-25-50-4)28-31-14-13-23-41(43(31)48)45(2)37-19-9-5-15-33(37)34-16-6-10-20-38(34)45;1-14-11-12-20(22)19(13-14)21(2)17-9-5-3-7-15(17)16-8-4-6-10-18(16)21;1-5-3-2-4;;1-2/h5-23,26-27,48-49H,24-25,28-29H2,1-4H3;3-13,22H,1-2H3;1-4H2;1H4;/q;;+1;;. The lowest BCUT2D eigenvalue weighted by Gasteiger charge is -2.32. The molecule has 0 saturated heterocycles. The topological polar surface area (TPSA) is 108 Å². The predicted molar refractivity (Wildman–Crippen MR) is 334 cm³/mol. The fraction of sp³-hybridized carbons (Fsp3) is 0.225.